The minimum atomic E-state index is -0.546. The molecule has 0 aliphatic rings. The van der Waals surface area contributed by atoms with Crippen LogP contribution in [0.25, 0.3) is 0 Å². The van der Waals surface area contributed by atoms with E-state index in [9.17, 15) is 9.18 Å². The van der Waals surface area contributed by atoms with Gasteiger partial charge in [-0.15, -0.1) is 0 Å². The fourth-order valence-corrected chi connectivity index (χ4v) is 2.47. The number of hydrogen-bond donors (Lipinski definition) is 1. The molecule has 5 heteroatoms. The topological polar surface area (TPSA) is 29.1 Å². The highest BCUT2D eigenvalue weighted by atomic mass is 79.9. The van der Waals surface area contributed by atoms with Crippen molar-refractivity contribution in [3.63, 3.8) is 0 Å². The average Bonchev–Trinajstić information content (AvgIpc) is 2.35. The number of nitrogens with one attached hydrogen (secondary N) is 1. The Labute approximate surface area is 127 Å². The second-order valence-electron chi connectivity index (χ2n) is 4.04. The first-order chi connectivity index (χ1) is 8.97. The maximum atomic E-state index is 13.6. The monoisotopic (exact) mass is 385 g/mol. The predicted octanol–water partition coefficient (Wildman–Crippen LogP) is 4.91. The molecule has 2 nitrogen and oxygen atoms in total. The summed E-state index contributed by atoms with van der Waals surface area (Å²) in [5, 5.41) is 2.70. The molecule has 0 bridgehead atoms. The lowest BCUT2D eigenvalue weighted by atomic mass is 10.1. The zero-order valence-corrected chi connectivity index (χ0v) is 13.2. The standard InChI is InChI=1S/C14H10Br2FNO/c1-8-6-9(15)3-5-13(8)18-14(19)11-7-10(16)2-4-12(11)17/h2-7H,1H3,(H,18,19). The maximum absolute atomic E-state index is 13.6. The Balaban J connectivity index is 2.28. The largest absolute Gasteiger partial charge is 0.322 e. The van der Waals surface area contributed by atoms with Crippen molar-refractivity contribution in [3.8, 4) is 0 Å². The van der Waals surface area contributed by atoms with E-state index in [0.29, 0.717) is 10.2 Å². The Morgan fingerprint density at radius 2 is 1.74 bits per heavy atom. The van der Waals surface area contributed by atoms with Gasteiger partial charge in [-0.25, -0.2) is 4.39 Å². The third-order valence-electron chi connectivity index (χ3n) is 2.61. The lowest BCUT2D eigenvalue weighted by molar-refractivity contribution is 0.102. The summed E-state index contributed by atoms with van der Waals surface area (Å²) in [4.78, 5) is 12.0. The first kappa shape index (κ1) is 14.2. The van der Waals surface area contributed by atoms with E-state index in [-0.39, 0.29) is 5.56 Å². The fourth-order valence-electron chi connectivity index (χ4n) is 1.63. The summed E-state index contributed by atoms with van der Waals surface area (Å²) in [6, 6.07) is 9.74. The van der Waals surface area contributed by atoms with Gasteiger partial charge in [-0.1, -0.05) is 31.9 Å². The minimum absolute atomic E-state index is 0.0108. The van der Waals surface area contributed by atoms with Gasteiger partial charge < -0.3 is 5.32 Å². The van der Waals surface area contributed by atoms with Crippen LogP contribution in [0.1, 0.15) is 15.9 Å². The van der Waals surface area contributed by atoms with Crippen LogP contribution in [0.4, 0.5) is 10.1 Å². The van der Waals surface area contributed by atoms with Gasteiger partial charge in [0.1, 0.15) is 5.82 Å². The Morgan fingerprint density at radius 1 is 1.11 bits per heavy atom. The van der Waals surface area contributed by atoms with Crippen LogP contribution in [0.3, 0.4) is 0 Å². The zero-order chi connectivity index (χ0) is 14.0. The maximum Gasteiger partial charge on any atom is 0.258 e. The number of anilines is 1. The third kappa shape index (κ3) is 3.42. The molecule has 0 saturated heterocycles. The Morgan fingerprint density at radius 3 is 2.42 bits per heavy atom. The molecule has 0 aromatic heterocycles. The fraction of sp³-hybridized carbons (Fsp3) is 0.0714. The molecule has 1 amide bonds. The van der Waals surface area contributed by atoms with Crippen molar-refractivity contribution in [2.24, 2.45) is 0 Å². The van der Waals surface area contributed by atoms with Gasteiger partial charge in [0.25, 0.3) is 5.91 Å². The Bertz CT molecular complexity index is 643. The van der Waals surface area contributed by atoms with E-state index in [1.165, 1.54) is 12.1 Å². The van der Waals surface area contributed by atoms with Crippen LogP contribution in [0.5, 0.6) is 0 Å². The summed E-state index contributed by atoms with van der Waals surface area (Å²) in [5.74, 6) is -1.01. The van der Waals surface area contributed by atoms with E-state index >= 15 is 0 Å². The van der Waals surface area contributed by atoms with Gasteiger partial charge >= 0.3 is 0 Å². The van der Waals surface area contributed by atoms with Crippen LogP contribution in [-0.2, 0) is 0 Å². The molecule has 0 spiro atoms. The van der Waals surface area contributed by atoms with Crippen molar-refractivity contribution in [3.05, 3.63) is 62.3 Å². The lowest BCUT2D eigenvalue weighted by Crippen LogP contribution is -2.14. The predicted molar refractivity (Wildman–Crippen MR) is 80.9 cm³/mol. The smallest absolute Gasteiger partial charge is 0.258 e. The van der Waals surface area contributed by atoms with Gasteiger partial charge in [-0.2, -0.15) is 0 Å². The highest BCUT2D eigenvalue weighted by molar-refractivity contribution is 9.10. The molecule has 98 valence electrons. The van der Waals surface area contributed by atoms with E-state index in [4.69, 9.17) is 0 Å². The van der Waals surface area contributed by atoms with Gasteiger partial charge in [0.05, 0.1) is 5.56 Å². The SMILES string of the molecule is Cc1cc(Br)ccc1NC(=O)c1cc(Br)ccc1F. The second kappa shape index (κ2) is 5.84. The number of rotatable bonds is 2. The third-order valence-corrected chi connectivity index (χ3v) is 3.60. The summed E-state index contributed by atoms with van der Waals surface area (Å²) in [6.07, 6.45) is 0. The van der Waals surface area contributed by atoms with Crippen LogP contribution >= 0.6 is 31.9 Å². The van der Waals surface area contributed by atoms with Crippen LogP contribution in [0.15, 0.2) is 45.3 Å². The van der Waals surface area contributed by atoms with Gasteiger partial charge in [0.2, 0.25) is 0 Å². The molecule has 1 N–H and O–H groups in total. The van der Waals surface area contributed by atoms with Crippen molar-refractivity contribution in [2.45, 2.75) is 6.92 Å². The Kier molecular flexibility index (Phi) is 4.37. The first-order valence-corrected chi connectivity index (χ1v) is 7.08. The van der Waals surface area contributed by atoms with Gasteiger partial charge in [0, 0.05) is 14.6 Å². The van der Waals surface area contributed by atoms with Crippen molar-refractivity contribution in [1.82, 2.24) is 0 Å². The molecule has 0 aliphatic heterocycles. The Hall–Kier alpha value is -1.20. The van der Waals surface area contributed by atoms with E-state index < -0.39 is 11.7 Å². The number of carbonyl (C=O) groups is 1. The quantitative estimate of drug-likeness (QED) is 0.780. The van der Waals surface area contributed by atoms with Crippen molar-refractivity contribution >= 4 is 43.5 Å². The second-order valence-corrected chi connectivity index (χ2v) is 5.87. The van der Waals surface area contributed by atoms with Crippen molar-refractivity contribution < 1.29 is 9.18 Å². The summed E-state index contributed by atoms with van der Waals surface area (Å²) >= 11 is 6.57. The average molecular weight is 387 g/mol. The molecule has 19 heavy (non-hydrogen) atoms. The molecular formula is C14H10Br2FNO. The van der Waals surface area contributed by atoms with Crippen LogP contribution in [-0.4, -0.2) is 5.91 Å². The lowest BCUT2D eigenvalue weighted by Gasteiger charge is -2.09. The van der Waals surface area contributed by atoms with E-state index in [2.05, 4.69) is 37.2 Å². The van der Waals surface area contributed by atoms with Crippen molar-refractivity contribution in [1.29, 1.82) is 0 Å². The summed E-state index contributed by atoms with van der Waals surface area (Å²) < 4.78 is 15.2. The number of carbonyl (C=O) groups excluding carboxylic acids is 1. The van der Waals surface area contributed by atoms with Gasteiger partial charge in [0.15, 0.2) is 0 Å². The molecule has 0 unspecified atom stereocenters. The molecule has 0 aliphatic carbocycles. The van der Waals surface area contributed by atoms with E-state index in [0.717, 1.165) is 10.0 Å². The van der Waals surface area contributed by atoms with Crippen LogP contribution in [0, 0.1) is 12.7 Å². The summed E-state index contributed by atoms with van der Waals surface area (Å²) in [7, 11) is 0. The number of hydrogen-bond acceptors (Lipinski definition) is 1. The van der Waals surface area contributed by atoms with Crippen LogP contribution in [0.2, 0.25) is 0 Å². The molecule has 2 aromatic carbocycles. The van der Waals surface area contributed by atoms with E-state index in [1.807, 2.05) is 19.1 Å². The number of amides is 1. The van der Waals surface area contributed by atoms with Gasteiger partial charge in [-0.05, 0) is 48.9 Å². The highest BCUT2D eigenvalue weighted by Gasteiger charge is 2.13. The zero-order valence-electron chi connectivity index (χ0n) is 10.0. The summed E-state index contributed by atoms with van der Waals surface area (Å²) in [6.45, 7) is 1.87. The van der Waals surface area contributed by atoms with E-state index in [1.54, 1.807) is 12.1 Å². The highest BCUT2D eigenvalue weighted by Crippen LogP contribution is 2.22. The molecule has 0 saturated carbocycles. The van der Waals surface area contributed by atoms with Gasteiger partial charge in [-0.3, -0.25) is 4.79 Å². The summed E-state index contributed by atoms with van der Waals surface area (Å²) in [5.41, 5.74) is 1.57. The normalized spacial score (nSPS) is 10.3. The number of aryl methyl sites for hydroxylation is 1. The number of benzene rings is 2. The molecular weight excluding hydrogens is 377 g/mol. The minimum Gasteiger partial charge on any atom is -0.322 e. The molecule has 0 radical (unpaired) electrons. The molecule has 0 heterocycles. The molecule has 2 rings (SSSR count). The first-order valence-electron chi connectivity index (χ1n) is 5.50. The van der Waals surface area contributed by atoms with Crippen molar-refractivity contribution in [2.75, 3.05) is 5.32 Å². The molecule has 0 atom stereocenters. The van der Waals surface area contributed by atoms with Crippen LogP contribution < -0.4 is 5.32 Å². The molecule has 0 fully saturated rings. The number of halogens is 3. The molecule has 2 aromatic rings.